The second kappa shape index (κ2) is 6.40. The Hall–Kier alpha value is -1.55. The molecule has 1 aromatic carbocycles. The molecule has 1 rings (SSSR count). The van der Waals surface area contributed by atoms with Crippen LogP contribution in [0.25, 0.3) is 0 Å². The van der Waals surface area contributed by atoms with Gasteiger partial charge in [-0.15, -0.1) is 0 Å². The predicted molar refractivity (Wildman–Crippen MR) is 71.4 cm³/mol. The number of primary amides is 1. The highest BCUT2D eigenvalue weighted by Crippen LogP contribution is 2.11. The molecular weight excluding hydrogens is 252 g/mol. The van der Waals surface area contributed by atoms with E-state index < -0.39 is 11.9 Å². The summed E-state index contributed by atoms with van der Waals surface area (Å²) in [6, 6.07) is 5.80. The van der Waals surface area contributed by atoms with Crippen molar-refractivity contribution in [2.45, 2.75) is 26.3 Å². The number of amides is 2. The second-order valence-electron chi connectivity index (χ2n) is 4.25. The first kappa shape index (κ1) is 14.5. The van der Waals surface area contributed by atoms with Crippen LogP contribution in [0.4, 0.5) is 0 Å². The van der Waals surface area contributed by atoms with Gasteiger partial charge in [-0.3, -0.25) is 9.59 Å². The van der Waals surface area contributed by atoms with Crippen LogP contribution >= 0.6 is 11.6 Å². The van der Waals surface area contributed by atoms with Crippen molar-refractivity contribution >= 4 is 23.4 Å². The fraction of sp³-hybridized carbons (Fsp3) is 0.385. The lowest BCUT2D eigenvalue weighted by Crippen LogP contribution is -2.48. The minimum Gasteiger partial charge on any atom is -0.368 e. The molecule has 3 N–H and O–H groups in total. The minimum absolute atomic E-state index is 0.00116. The van der Waals surface area contributed by atoms with Crippen molar-refractivity contribution in [3.8, 4) is 0 Å². The standard InChI is InChI=1S/C13H17ClN2O2/c1-3-8(2)11(12(15)17)16-13(18)9-4-6-10(14)7-5-9/h4-8,11H,3H2,1-2H3,(H2,15,17)(H,16,18)/t8-,11-/m0/s1. The summed E-state index contributed by atoms with van der Waals surface area (Å²) in [5, 5.41) is 3.20. The number of nitrogens with one attached hydrogen (secondary N) is 1. The lowest BCUT2D eigenvalue weighted by atomic mass is 9.98. The maximum Gasteiger partial charge on any atom is 0.251 e. The van der Waals surface area contributed by atoms with Crippen LogP contribution in [0.5, 0.6) is 0 Å². The number of carbonyl (C=O) groups is 2. The zero-order valence-corrected chi connectivity index (χ0v) is 11.2. The van der Waals surface area contributed by atoms with E-state index in [0.717, 1.165) is 6.42 Å². The maximum absolute atomic E-state index is 11.9. The van der Waals surface area contributed by atoms with Gasteiger partial charge in [0.2, 0.25) is 5.91 Å². The third kappa shape index (κ3) is 3.74. The van der Waals surface area contributed by atoms with Crippen LogP contribution in [0.3, 0.4) is 0 Å². The van der Waals surface area contributed by atoms with E-state index in [0.29, 0.717) is 10.6 Å². The van der Waals surface area contributed by atoms with E-state index in [4.69, 9.17) is 17.3 Å². The highest BCUT2D eigenvalue weighted by atomic mass is 35.5. The van der Waals surface area contributed by atoms with Gasteiger partial charge in [-0.25, -0.2) is 0 Å². The van der Waals surface area contributed by atoms with Gasteiger partial charge in [0.25, 0.3) is 5.91 Å². The molecule has 0 radical (unpaired) electrons. The van der Waals surface area contributed by atoms with Crippen molar-refractivity contribution < 1.29 is 9.59 Å². The van der Waals surface area contributed by atoms with Crippen LogP contribution in [-0.4, -0.2) is 17.9 Å². The van der Waals surface area contributed by atoms with E-state index in [-0.39, 0.29) is 11.8 Å². The third-order valence-electron chi connectivity index (χ3n) is 2.91. The number of halogens is 1. The van der Waals surface area contributed by atoms with E-state index in [1.54, 1.807) is 24.3 Å². The van der Waals surface area contributed by atoms with Crippen LogP contribution in [0.1, 0.15) is 30.6 Å². The zero-order valence-electron chi connectivity index (χ0n) is 10.4. The Kier molecular flexibility index (Phi) is 5.16. The van der Waals surface area contributed by atoms with Gasteiger partial charge in [-0.2, -0.15) is 0 Å². The van der Waals surface area contributed by atoms with Crippen molar-refractivity contribution in [3.63, 3.8) is 0 Å². The maximum atomic E-state index is 11.9. The molecule has 0 unspecified atom stereocenters. The van der Waals surface area contributed by atoms with Gasteiger partial charge in [0.05, 0.1) is 0 Å². The van der Waals surface area contributed by atoms with Crippen molar-refractivity contribution in [3.05, 3.63) is 34.9 Å². The monoisotopic (exact) mass is 268 g/mol. The average molecular weight is 269 g/mol. The largest absolute Gasteiger partial charge is 0.368 e. The van der Waals surface area contributed by atoms with Gasteiger partial charge < -0.3 is 11.1 Å². The first-order chi connectivity index (χ1) is 8.45. The summed E-state index contributed by atoms with van der Waals surface area (Å²) >= 11 is 5.74. The summed E-state index contributed by atoms with van der Waals surface area (Å²) in [5.41, 5.74) is 5.74. The molecule has 0 spiro atoms. The number of rotatable bonds is 5. The van der Waals surface area contributed by atoms with Crippen LogP contribution < -0.4 is 11.1 Å². The van der Waals surface area contributed by atoms with E-state index in [1.807, 2.05) is 13.8 Å². The highest BCUT2D eigenvalue weighted by molar-refractivity contribution is 6.30. The Morgan fingerprint density at radius 3 is 2.33 bits per heavy atom. The molecule has 0 aromatic heterocycles. The van der Waals surface area contributed by atoms with Crippen LogP contribution in [0, 0.1) is 5.92 Å². The molecule has 0 aliphatic carbocycles. The lowest BCUT2D eigenvalue weighted by molar-refractivity contribution is -0.120. The molecule has 0 saturated heterocycles. The molecule has 18 heavy (non-hydrogen) atoms. The molecule has 5 heteroatoms. The van der Waals surface area contributed by atoms with E-state index in [2.05, 4.69) is 5.32 Å². The molecular formula is C13H17ClN2O2. The van der Waals surface area contributed by atoms with Gasteiger partial charge >= 0.3 is 0 Å². The van der Waals surface area contributed by atoms with Gasteiger partial charge in [-0.1, -0.05) is 31.9 Å². The van der Waals surface area contributed by atoms with Crippen LogP contribution in [-0.2, 0) is 4.79 Å². The zero-order chi connectivity index (χ0) is 13.7. The molecule has 2 atom stereocenters. The summed E-state index contributed by atoms with van der Waals surface area (Å²) in [4.78, 5) is 23.2. The Morgan fingerprint density at radius 2 is 1.89 bits per heavy atom. The first-order valence-corrected chi connectivity index (χ1v) is 6.19. The normalized spacial score (nSPS) is 13.7. The number of benzene rings is 1. The number of carbonyl (C=O) groups excluding carboxylic acids is 2. The lowest BCUT2D eigenvalue weighted by Gasteiger charge is -2.21. The van der Waals surface area contributed by atoms with Crippen molar-refractivity contribution in [1.29, 1.82) is 0 Å². The molecule has 98 valence electrons. The summed E-state index contributed by atoms with van der Waals surface area (Å²) in [6.45, 7) is 3.81. The molecule has 0 fully saturated rings. The fourth-order valence-corrected chi connectivity index (χ4v) is 1.68. The Morgan fingerprint density at radius 1 is 1.33 bits per heavy atom. The van der Waals surface area contributed by atoms with Crippen molar-refractivity contribution in [1.82, 2.24) is 5.32 Å². The number of hydrogen-bond donors (Lipinski definition) is 2. The Labute approximate surface area is 112 Å². The number of hydrogen-bond acceptors (Lipinski definition) is 2. The van der Waals surface area contributed by atoms with Crippen LogP contribution in [0.2, 0.25) is 5.02 Å². The molecule has 4 nitrogen and oxygen atoms in total. The topological polar surface area (TPSA) is 72.2 Å². The molecule has 0 heterocycles. The molecule has 0 saturated carbocycles. The predicted octanol–water partition coefficient (Wildman–Crippen LogP) is 1.97. The van der Waals surface area contributed by atoms with E-state index in [1.165, 1.54) is 0 Å². The van der Waals surface area contributed by atoms with Gasteiger partial charge in [-0.05, 0) is 30.2 Å². The van der Waals surface area contributed by atoms with Crippen molar-refractivity contribution in [2.24, 2.45) is 11.7 Å². The average Bonchev–Trinajstić information content (AvgIpc) is 2.35. The summed E-state index contributed by atoms with van der Waals surface area (Å²) in [7, 11) is 0. The van der Waals surface area contributed by atoms with E-state index in [9.17, 15) is 9.59 Å². The summed E-state index contributed by atoms with van der Waals surface area (Å²) in [5.74, 6) is -0.846. The second-order valence-corrected chi connectivity index (χ2v) is 4.68. The molecule has 0 aliphatic heterocycles. The van der Waals surface area contributed by atoms with Gasteiger partial charge in [0, 0.05) is 10.6 Å². The third-order valence-corrected chi connectivity index (χ3v) is 3.16. The molecule has 0 aliphatic rings. The molecule has 2 amide bonds. The van der Waals surface area contributed by atoms with Gasteiger partial charge in [0.1, 0.15) is 6.04 Å². The number of nitrogens with two attached hydrogens (primary N) is 1. The van der Waals surface area contributed by atoms with Gasteiger partial charge in [0.15, 0.2) is 0 Å². The van der Waals surface area contributed by atoms with E-state index >= 15 is 0 Å². The van der Waals surface area contributed by atoms with Crippen molar-refractivity contribution in [2.75, 3.05) is 0 Å². The fourth-order valence-electron chi connectivity index (χ4n) is 1.56. The highest BCUT2D eigenvalue weighted by Gasteiger charge is 2.23. The quantitative estimate of drug-likeness (QED) is 0.857. The minimum atomic E-state index is -0.654. The first-order valence-electron chi connectivity index (χ1n) is 5.81. The Bertz CT molecular complexity index is 431. The SMILES string of the molecule is CC[C@H](C)[C@H](NC(=O)c1ccc(Cl)cc1)C(N)=O. The summed E-state index contributed by atoms with van der Waals surface area (Å²) < 4.78 is 0. The van der Waals surface area contributed by atoms with Crippen LogP contribution in [0.15, 0.2) is 24.3 Å². The summed E-state index contributed by atoms with van der Waals surface area (Å²) in [6.07, 6.45) is 0.758. The smallest absolute Gasteiger partial charge is 0.251 e. The molecule has 0 bridgehead atoms. The molecule has 1 aromatic rings. The Balaban J connectivity index is 2.78.